The zero-order valence-electron chi connectivity index (χ0n) is 14.5. The van der Waals surface area contributed by atoms with E-state index in [-0.39, 0.29) is 47.6 Å². The van der Waals surface area contributed by atoms with E-state index in [1.54, 1.807) is 27.7 Å². The number of aromatic nitrogens is 1. The summed E-state index contributed by atoms with van der Waals surface area (Å²) in [6.45, 7) is 7.12. The molecule has 2 heterocycles. The summed E-state index contributed by atoms with van der Waals surface area (Å²) in [6, 6.07) is 0. The van der Waals surface area contributed by atoms with Crippen molar-refractivity contribution in [1.82, 2.24) is 4.98 Å². The van der Waals surface area contributed by atoms with Crippen molar-refractivity contribution in [2.45, 2.75) is 27.7 Å². The molecule has 26 heavy (non-hydrogen) atoms. The summed E-state index contributed by atoms with van der Waals surface area (Å²) in [7, 11) is 0. The molecule has 0 spiro atoms. The van der Waals surface area contributed by atoms with Gasteiger partial charge in [0.15, 0.2) is 0 Å². The number of hydrogen-bond acceptors (Lipinski definition) is 5. The number of nitrogens with zero attached hydrogens (tertiary/aromatic N) is 2. The molecule has 1 radical (unpaired) electrons. The van der Waals surface area contributed by atoms with Gasteiger partial charge >= 0.3 is 0 Å². The fourth-order valence-electron chi connectivity index (χ4n) is 3.17. The molecule has 3 rings (SSSR count). The first-order valence-electron chi connectivity index (χ1n) is 7.60. The number of allylic oxidation sites excluding steroid dienone is 1. The van der Waals surface area contributed by atoms with Crippen LogP contribution in [0.1, 0.15) is 25.0 Å². The quantitative estimate of drug-likeness (QED) is 0.340. The Labute approximate surface area is 167 Å². The Balaban J connectivity index is 0.00000243. The van der Waals surface area contributed by atoms with E-state index in [1.807, 2.05) is 17.8 Å². The SMILES string of the molecule is CC1=c2c(=C=O)c(=C=O)c3c(C)c(C)c(Cl)nc3c2=NC(=C=O)C1C.[Re]. The third-order valence-corrected chi connectivity index (χ3v) is 5.27. The van der Waals surface area contributed by atoms with E-state index in [0.29, 0.717) is 32.6 Å². The average Bonchev–Trinajstić information content (AvgIpc) is 2.61. The van der Waals surface area contributed by atoms with Crippen LogP contribution in [0.2, 0.25) is 5.15 Å². The maximum Gasteiger partial charge on any atom is 0.148 e. The standard InChI is InChI=1S/C19H13ClN2O3.Re/c1-8-9(2)15-12(5-23)13(6-24)16-10(3)11(4)19(20)22-18(16)17(15)21-14(8)7-25;/h8H,1-4H3;. The maximum absolute atomic E-state index is 11.7. The molecule has 0 aliphatic carbocycles. The molecule has 1 aromatic heterocycles. The number of halogens is 1. The molecule has 1 aromatic carbocycles. The molecule has 5 nitrogen and oxygen atoms in total. The van der Waals surface area contributed by atoms with E-state index < -0.39 is 0 Å². The van der Waals surface area contributed by atoms with Crippen LogP contribution in [0.25, 0.3) is 16.5 Å². The summed E-state index contributed by atoms with van der Waals surface area (Å²) < 4.78 is 0. The molecule has 131 valence electrons. The summed E-state index contributed by atoms with van der Waals surface area (Å²) >= 11 is 6.22. The molecule has 0 saturated heterocycles. The Morgan fingerprint density at radius 3 is 2.12 bits per heavy atom. The van der Waals surface area contributed by atoms with Gasteiger partial charge in [-0.05, 0) is 31.9 Å². The second kappa shape index (κ2) is 7.24. The summed E-state index contributed by atoms with van der Waals surface area (Å²) in [5, 5.41) is 1.70. The van der Waals surface area contributed by atoms with Crippen molar-refractivity contribution in [1.29, 1.82) is 0 Å². The van der Waals surface area contributed by atoms with Crippen molar-refractivity contribution in [2.24, 2.45) is 10.9 Å². The van der Waals surface area contributed by atoms with Crippen LogP contribution in [-0.4, -0.2) is 22.8 Å². The van der Waals surface area contributed by atoms with Gasteiger partial charge in [-0.25, -0.2) is 24.4 Å². The van der Waals surface area contributed by atoms with Crippen LogP contribution in [-0.2, 0) is 34.8 Å². The molecule has 2 aromatic rings. The molecule has 0 N–H and O–H groups in total. The summed E-state index contributed by atoms with van der Waals surface area (Å²) in [4.78, 5) is 43.4. The van der Waals surface area contributed by atoms with Crippen molar-refractivity contribution in [3.05, 3.63) is 43.0 Å². The van der Waals surface area contributed by atoms with Crippen LogP contribution in [0, 0.1) is 19.8 Å². The number of fused-ring (bicyclic) bond motifs is 3. The van der Waals surface area contributed by atoms with E-state index in [2.05, 4.69) is 9.98 Å². The van der Waals surface area contributed by atoms with E-state index in [1.165, 1.54) is 0 Å². The van der Waals surface area contributed by atoms with Crippen molar-refractivity contribution >= 4 is 45.9 Å². The molecule has 0 bridgehead atoms. The minimum Gasteiger partial charge on any atom is -0.238 e. The second-order valence-corrected chi connectivity index (χ2v) is 6.42. The maximum atomic E-state index is 11.7. The summed E-state index contributed by atoms with van der Waals surface area (Å²) in [5.74, 6) is 5.20. The molecule has 1 unspecified atom stereocenters. The Kier molecular flexibility index (Phi) is 5.62. The van der Waals surface area contributed by atoms with Crippen LogP contribution in [0.5, 0.6) is 0 Å². The van der Waals surface area contributed by atoms with Crippen molar-refractivity contribution in [3.63, 3.8) is 0 Å². The molecular weight excluding hydrogens is 526 g/mol. The zero-order chi connectivity index (χ0) is 18.5. The van der Waals surface area contributed by atoms with Crippen molar-refractivity contribution < 1.29 is 34.8 Å². The molecule has 1 aliphatic rings. The minimum atomic E-state index is -0.337. The Morgan fingerprint density at radius 1 is 0.962 bits per heavy atom. The van der Waals surface area contributed by atoms with E-state index >= 15 is 0 Å². The average molecular weight is 539 g/mol. The molecular formula is C19H13ClN2O3Re. The number of aryl methyl sites for hydroxylation is 1. The normalized spacial score (nSPS) is 15.3. The van der Waals surface area contributed by atoms with Gasteiger partial charge in [-0.3, -0.25) is 0 Å². The zero-order valence-corrected chi connectivity index (χ0v) is 17.9. The number of pyridine rings is 1. The van der Waals surface area contributed by atoms with Gasteiger partial charge < -0.3 is 0 Å². The van der Waals surface area contributed by atoms with E-state index in [4.69, 9.17) is 11.6 Å². The Bertz CT molecular complexity index is 1310. The van der Waals surface area contributed by atoms with Gasteiger partial charge in [0.2, 0.25) is 0 Å². The topological polar surface area (TPSA) is 76.5 Å². The Hall–Kier alpha value is -2.14. The summed E-state index contributed by atoms with van der Waals surface area (Å²) in [5.41, 5.74) is 2.69. The minimum absolute atomic E-state index is 0. The predicted octanol–water partition coefficient (Wildman–Crippen LogP) is -0.336. The van der Waals surface area contributed by atoms with E-state index in [0.717, 1.165) is 5.57 Å². The molecule has 1 atom stereocenters. The van der Waals surface area contributed by atoms with Gasteiger partial charge in [0, 0.05) is 36.9 Å². The molecule has 0 fully saturated rings. The van der Waals surface area contributed by atoms with Gasteiger partial charge in [-0.15, -0.1) is 0 Å². The van der Waals surface area contributed by atoms with Crippen LogP contribution in [0.15, 0.2) is 10.7 Å². The van der Waals surface area contributed by atoms with Crippen LogP contribution in [0.4, 0.5) is 0 Å². The van der Waals surface area contributed by atoms with Crippen LogP contribution < -0.4 is 21.0 Å². The largest absolute Gasteiger partial charge is 0.238 e. The number of rotatable bonds is 0. The second-order valence-electron chi connectivity index (χ2n) is 6.06. The van der Waals surface area contributed by atoms with Gasteiger partial charge in [0.1, 0.15) is 28.7 Å². The molecule has 7 heteroatoms. The van der Waals surface area contributed by atoms with Crippen LogP contribution >= 0.6 is 11.6 Å². The van der Waals surface area contributed by atoms with Gasteiger partial charge in [0.05, 0.1) is 21.3 Å². The molecule has 0 amide bonds. The van der Waals surface area contributed by atoms with Gasteiger partial charge in [-0.1, -0.05) is 24.1 Å². The molecule has 0 saturated carbocycles. The smallest absolute Gasteiger partial charge is 0.148 e. The van der Waals surface area contributed by atoms with Gasteiger partial charge in [-0.2, -0.15) is 0 Å². The first kappa shape index (κ1) is 20.2. The third-order valence-electron chi connectivity index (χ3n) is 4.90. The third kappa shape index (κ3) is 2.66. The predicted molar refractivity (Wildman–Crippen MR) is 93.3 cm³/mol. The monoisotopic (exact) mass is 539 g/mol. The fraction of sp³-hybridized carbons (Fsp3) is 0.263. The van der Waals surface area contributed by atoms with Crippen LogP contribution in [0.3, 0.4) is 0 Å². The molecule has 1 aliphatic heterocycles. The van der Waals surface area contributed by atoms with E-state index in [9.17, 15) is 14.4 Å². The van der Waals surface area contributed by atoms with Crippen molar-refractivity contribution in [3.8, 4) is 0 Å². The van der Waals surface area contributed by atoms with Crippen molar-refractivity contribution in [2.75, 3.05) is 0 Å². The number of hydrogen-bond donors (Lipinski definition) is 0. The van der Waals surface area contributed by atoms with Gasteiger partial charge in [0.25, 0.3) is 0 Å². The fourth-order valence-corrected chi connectivity index (χ4v) is 3.40. The Morgan fingerprint density at radius 2 is 1.58 bits per heavy atom. The first-order chi connectivity index (χ1) is 11.9. The number of benzene rings is 1. The number of carbonyl (C=O) groups excluding carboxylic acids is 3. The summed E-state index contributed by atoms with van der Waals surface area (Å²) in [6.07, 6.45) is 0. The first-order valence-corrected chi connectivity index (χ1v) is 7.98.